The Labute approximate surface area is 153 Å². The van der Waals surface area contributed by atoms with Gasteiger partial charge in [-0.2, -0.15) is 0 Å². The van der Waals surface area contributed by atoms with Gasteiger partial charge in [0.1, 0.15) is 11.5 Å². The first kappa shape index (κ1) is 18.3. The van der Waals surface area contributed by atoms with Crippen molar-refractivity contribution >= 4 is 11.7 Å². The molecule has 1 aliphatic heterocycles. The van der Waals surface area contributed by atoms with E-state index in [0.717, 1.165) is 18.8 Å². The lowest BCUT2D eigenvalue weighted by Gasteiger charge is -2.33. The Morgan fingerprint density at radius 1 is 1.23 bits per heavy atom. The average Bonchev–Trinajstić information content (AvgIpc) is 3.19. The van der Waals surface area contributed by atoms with Crippen molar-refractivity contribution in [2.24, 2.45) is 0 Å². The summed E-state index contributed by atoms with van der Waals surface area (Å²) < 4.78 is 16.5. The molecule has 1 fully saturated rings. The van der Waals surface area contributed by atoms with Gasteiger partial charge in [-0.1, -0.05) is 12.1 Å². The van der Waals surface area contributed by atoms with Crippen LogP contribution < -0.4 is 15.4 Å². The fourth-order valence-electron chi connectivity index (χ4n) is 2.99. The van der Waals surface area contributed by atoms with Crippen LogP contribution in [-0.2, 0) is 4.74 Å². The summed E-state index contributed by atoms with van der Waals surface area (Å²) in [6.45, 7) is 5.88. The van der Waals surface area contributed by atoms with Crippen molar-refractivity contribution in [3.8, 4) is 5.75 Å². The first-order valence-corrected chi connectivity index (χ1v) is 8.90. The Balaban J connectivity index is 1.61. The number of hydrogen-bond acceptors (Lipinski definition) is 5. The van der Waals surface area contributed by atoms with E-state index in [4.69, 9.17) is 13.9 Å². The van der Waals surface area contributed by atoms with Gasteiger partial charge in [0.25, 0.3) is 0 Å². The third kappa shape index (κ3) is 4.77. The maximum absolute atomic E-state index is 12.4. The Bertz CT molecular complexity index is 684. The second kappa shape index (κ2) is 9.26. The molecule has 26 heavy (non-hydrogen) atoms. The van der Waals surface area contributed by atoms with Crippen molar-refractivity contribution < 1.29 is 18.7 Å². The van der Waals surface area contributed by atoms with Crippen LogP contribution in [0.5, 0.6) is 5.75 Å². The van der Waals surface area contributed by atoms with Gasteiger partial charge in [-0.05, 0) is 31.2 Å². The number of ether oxygens (including phenoxy) is 2. The Morgan fingerprint density at radius 3 is 2.77 bits per heavy atom. The van der Waals surface area contributed by atoms with Crippen LogP contribution in [0.4, 0.5) is 10.5 Å². The zero-order valence-corrected chi connectivity index (χ0v) is 14.9. The molecular weight excluding hydrogens is 334 g/mol. The lowest BCUT2D eigenvalue weighted by molar-refractivity contribution is 0.0124. The first-order chi connectivity index (χ1) is 12.8. The van der Waals surface area contributed by atoms with Gasteiger partial charge in [0.05, 0.1) is 37.8 Å². The molecule has 3 rings (SSSR count). The van der Waals surface area contributed by atoms with Crippen LogP contribution in [0.2, 0.25) is 0 Å². The van der Waals surface area contributed by atoms with E-state index in [1.54, 1.807) is 6.26 Å². The molecule has 2 amide bonds. The Kier molecular flexibility index (Phi) is 6.51. The number of amides is 2. The average molecular weight is 359 g/mol. The van der Waals surface area contributed by atoms with Crippen LogP contribution in [0.1, 0.15) is 18.7 Å². The number of para-hydroxylation sites is 2. The van der Waals surface area contributed by atoms with E-state index in [9.17, 15) is 4.79 Å². The Hall–Kier alpha value is -2.51. The Morgan fingerprint density at radius 2 is 2.04 bits per heavy atom. The summed E-state index contributed by atoms with van der Waals surface area (Å²) in [7, 11) is 0. The molecule has 0 saturated carbocycles. The molecule has 0 aliphatic carbocycles. The molecule has 2 heterocycles. The number of furan rings is 1. The quantitative estimate of drug-likeness (QED) is 0.795. The zero-order chi connectivity index (χ0) is 18.2. The predicted molar refractivity (Wildman–Crippen MR) is 98.5 cm³/mol. The summed E-state index contributed by atoms with van der Waals surface area (Å²) in [5.74, 6) is 1.49. The highest BCUT2D eigenvalue weighted by Crippen LogP contribution is 2.24. The third-order valence-electron chi connectivity index (χ3n) is 4.25. The summed E-state index contributed by atoms with van der Waals surface area (Å²) in [6, 6.07) is 10.9. The van der Waals surface area contributed by atoms with Crippen molar-refractivity contribution in [3.05, 3.63) is 48.4 Å². The van der Waals surface area contributed by atoms with Crippen molar-refractivity contribution in [1.29, 1.82) is 0 Å². The molecule has 0 radical (unpaired) electrons. The minimum Gasteiger partial charge on any atom is -0.492 e. The molecule has 140 valence electrons. The van der Waals surface area contributed by atoms with Gasteiger partial charge in [0, 0.05) is 19.6 Å². The minimum atomic E-state index is -0.276. The molecule has 1 aromatic carbocycles. The van der Waals surface area contributed by atoms with E-state index in [0.29, 0.717) is 37.8 Å². The van der Waals surface area contributed by atoms with Crippen LogP contribution in [0, 0.1) is 0 Å². The molecule has 0 bridgehead atoms. The summed E-state index contributed by atoms with van der Waals surface area (Å²) >= 11 is 0. The van der Waals surface area contributed by atoms with Crippen LogP contribution in [0.15, 0.2) is 47.1 Å². The lowest BCUT2D eigenvalue weighted by Crippen LogP contribution is -2.44. The van der Waals surface area contributed by atoms with E-state index in [2.05, 4.69) is 15.5 Å². The third-order valence-corrected chi connectivity index (χ3v) is 4.25. The van der Waals surface area contributed by atoms with E-state index in [1.807, 2.05) is 43.3 Å². The maximum atomic E-state index is 12.4. The monoisotopic (exact) mass is 359 g/mol. The van der Waals surface area contributed by atoms with E-state index in [-0.39, 0.29) is 12.1 Å². The molecule has 0 spiro atoms. The number of nitrogens with one attached hydrogen (secondary N) is 2. The van der Waals surface area contributed by atoms with Crippen LogP contribution in [0.25, 0.3) is 0 Å². The van der Waals surface area contributed by atoms with Crippen LogP contribution in [-0.4, -0.2) is 50.4 Å². The minimum absolute atomic E-state index is 0.0261. The number of anilines is 1. The van der Waals surface area contributed by atoms with Crippen molar-refractivity contribution in [2.45, 2.75) is 13.0 Å². The van der Waals surface area contributed by atoms with Gasteiger partial charge in [0.2, 0.25) is 0 Å². The topological polar surface area (TPSA) is 76.0 Å². The molecule has 7 heteroatoms. The molecule has 1 unspecified atom stereocenters. The number of carbonyl (C=O) groups is 1. The second-order valence-corrected chi connectivity index (χ2v) is 5.94. The van der Waals surface area contributed by atoms with Gasteiger partial charge >= 0.3 is 6.03 Å². The summed E-state index contributed by atoms with van der Waals surface area (Å²) in [5, 5.41) is 5.79. The normalized spacial score (nSPS) is 16.0. The lowest BCUT2D eigenvalue weighted by atomic mass is 10.1. The van der Waals surface area contributed by atoms with Crippen molar-refractivity contribution in [3.63, 3.8) is 0 Å². The van der Waals surface area contributed by atoms with E-state index >= 15 is 0 Å². The van der Waals surface area contributed by atoms with Crippen LogP contribution in [0.3, 0.4) is 0 Å². The number of urea groups is 1. The molecule has 2 N–H and O–H groups in total. The summed E-state index contributed by atoms with van der Waals surface area (Å²) in [4.78, 5) is 14.6. The highest BCUT2D eigenvalue weighted by atomic mass is 16.5. The second-order valence-electron chi connectivity index (χ2n) is 5.94. The SMILES string of the molecule is CCOc1ccccc1NC(=O)NCC(c1ccco1)N1CCOCC1. The maximum Gasteiger partial charge on any atom is 0.319 e. The molecule has 7 nitrogen and oxygen atoms in total. The highest BCUT2D eigenvalue weighted by molar-refractivity contribution is 5.90. The number of benzene rings is 1. The van der Waals surface area contributed by atoms with Gasteiger partial charge in [-0.25, -0.2) is 4.79 Å². The standard InChI is InChI=1S/C19H25N3O4/c1-2-25-17-7-4-3-6-15(17)21-19(23)20-14-16(18-8-5-11-26-18)22-9-12-24-13-10-22/h3-8,11,16H,2,9-10,12-14H2,1H3,(H2,20,21,23). The van der Waals surface area contributed by atoms with E-state index < -0.39 is 0 Å². The van der Waals surface area contributed by atoms with Gasteiger partial charge in [-0.15, -0.1) is 0 Å². The van der Waals surface area contributed by atoms with Gasteiger partial charge < -0.3 is 24.5 Å². The highest BCUT2D eigenvalue weighted by Gasteiger charge is 2.25. The van der Waals surface area contributed by atoms with Crippen molar-refractivity contribution in [2.75, 3.05) is 44.8 Å². The largest absolute Gasteiger partial charge is 0.492 e. The zero-order valence-electron chi connectivity index (χ0n) is 14.9. The van der Waals surface area contributed by atoms with E-state index in [1.165, 1.54) is 0 Å². The number of rotatable bonds is 7. The molecule has 2 aromatic rings. The molecule has 1 aromatic heterocycles. The van der Waals surface area contributed by atoms with Crippen LogP contribution >= 0.6 is 0 Å². The van der Waals surface area contributed by atoms with Gasteiger partial charge in [-0.3, -0.25) is 4.90 Å². The number of carbonyl (C=O) groups excluding carboxylic acids is 1. The number of hydrogen-bond donors (Lipinski definition) is 2. The fraction of sp³-hybridized carbons (Fsp3) is 0.421. The van der Waals surface area contributed by atoms with Crippen molar-refractivity contribution in [1.82, 2.24) is 10.2 Å². The summed E-state index contributed by atoms with van der Waals surface area (Å²) in [6.07, 6.45) is 1.65. The van der Waals surface area contributed by atoms with Gasteiger partial charge in [0.15, 0.2) is 0 Å². The first-order valence-electron chi connectivity index (χ1n) is 8.90. The fourth-order valence-corrected chi connectivity index (χ4v) is 2.99. The number of nitrogens with zero attached hydrogens (tertiary/aromatic N) is 1. The molecule has 1 saturated heterocycles. The summed E-state index contributed by atoms with van der Waals surface area (Å²) in [5.41, 5.74) is 0.646. The smallest absolute Gasteiger partial charge is 0.319 e. The molecular formula is C19H25N3O4. The molecule has 1 aliphatic rings. The number of morpholine rings is 1. The molecule has 1 atom stereocenters. The predicted octanol–water partition coefficient (Wildman–Crippen LogP) is 2.87.